The Morgan fingerprint density at radius 1 is 1.22 bits per heavy atom. The zero-order chi connectivity index (χ0) is 13.4. The lowest BCUT2D eigenvalue weighted by molar-refractivity contribution is 0.191. The maximum absolute atomic E-state index is 8.99. The fourth-order valence-corrected chi connectivity index (χ4v) is 2.12. The first kappa shape index (κ1) is 15.4. The largest absolute Gasteiger partial charge is 0.395 e. The topological polar surface area (TPSA) is 49.5 Å². The quantitative estimate of drug-likeness (QED) is 0.763. The summed E-state index contributed by atoms with van der Waals surface area (Å²) in [4.78, 5) is 2.25. The van der Waals surface area contributed by atoms with Crippen LogP contribution < -0.4 is 5.73 Å². The van der Waals surface area contributed by atoms with Gasteiger partial charge in [-0.3, -0.25) is 0 Å². The first-order valence-electron chi connectivity index (χ1n) is 6.51. The summed E-state index contributed by atoms with van der Waals surface area (Å²) in [6, 6.07) is 7.72. The summed E-state index contributed by atoms with van der Waals surface area (Å²) in [6.07, 6.45) is 1.98. The third-order valence-electron chi connectivity index (χ3n) is 3.01. The Morgan fingerprint density at radius 3 is 2.44 bits per heavy atom. The highest BCUT2D eigenvalue weighted by atomic mass is 35.5. The van der Waals surface area contributed by atoms with Gasteiger partial charge in [-0.2, -0.15) is 0 Å². The second-order valence-electron chi connectivity index (χ2n) is 4.51. The molecule has 1 rings (SSSR count). The van der Waals surface area contributed by atoms with Gasteiger partial charge in [0.15, 0.2) is 0 Å². The van der Waals surface area contributed by atoms with E-state index in [0.717, 1.165) is 43.1 Å². The minimum atomic E-state index is 0.0281. The molecule has 0 heterocycles. The maximum Gasteiger partial charge on any atom is 0.0558 e. The average Bonchev–Trinajstić information content (AvgIpc) is 2.37. The van der Waals surface area contributed by atoms with Crippen LogP contribution in [-0.4, -0.2) is 36.2 Å². The van der Waals surface area contributed by atoms with E-state index in [1.807, 2.05) is 24.3 Å². The van der Waals surface area contributed by atoms with Crippen LogP contribution in [0.2, 0.25) is 5.02 Å². The molecule has 0 fully saturated rings. The van der Waals surface area contributed by atoms with Gasteiger partial charge in [0.05, 0.1) is 6.61 Å². The van der Waals surface area contributed by atoms with E-state index in [2.05, 4.69) is 11.8 Å². The van der Waals surface area contributed by atoms with E-state index in [1.165, 1.54) is 0 Å². The van der Waals surface area contributed by atoms with Crippen molar-refractivity contribution in [2.45, 2.75) is 25.8 Å². The third kappa shape index (κ3) is 5.36. The van der Waals surface area contributed by atoms with Gasteiger partial charge in [-0.1, -0.05) is 30.7 Å². The van der Waals surface area contributed by atoms with E-state index in [-0.39, 0.29) is 12.6 Å². The number of hydrogen-bond acceptors (Lipinski definition) is 3. The van der Waals surface area contributed by atoms with Crippen molar-refractivity contribution < 1.29 is 5.11 Å². The molecule has 1 aromatic rings. The van der Waals surface area contributed by atoms with Crippen LogP contribution in [0.4, 0.5) is 0 Å². The van der Waals surface area contributed by atoms with Crippen molar-refractivity contribution in [3.8, 4) is 0 Å². The van der Waals surface area contributed by atoms with Gasteiger partial charge in [-0.15, -0.1) is 0 Å². The van der Waals surface area contributed by atoms with Crippen molar-refractivity contribution in [1.82, 2.24) is 4.90 Å². The van der Waals surface area contributed by atoms with Gasteiger partial charge in [0.1, 0.15) is 0 Å². The number of benzene rings is 1. The molecule has 0 bridgehead atoms. The van der Waals surface area contributed by atoms with E-state index in [0.29, 0.717) is 0 Å². The fourth-order valence-electron chi connectivity index (χ4n) is 1.99. The van der Waals surface area contributed by atoms with Gasteiger partial charge in [-0.05, 0) is 37.1 Å². The lowest BCUT2D eigenvalue weighted by Gasteiger charge is -2.22. The van der Waals surface area contributed by atoms with Crippen molar-refractivity contribution in [1.29, 1.82) is 0 Å². The maximum atomic E-state index is 8.99. The van der Waals surface area contributed by atoms with Crippen LogP contribution in [0, 0.1) is 0 Å². The van der Waals surface area contributed by atoms with Crippen LogP contribution in [0.1, 0.15) is 31.4 Å². The summed E-state index contributed by atoms with van der Waals surface area (Å²) in [5, 5.41) is 9.72. The van der Waals surface area contributed by atoms with E-state index in [1.54, 1.807) is 0 Å². The molecule has 0 aliphatic carbocycles. The third-order valence-corrected chi connectivity index (χ3v) is 3.26. The highest BCUT2D eigenvalue weighted by Gasteiger charge is 2.09. The number of halogens is 1. The van der Waals surface area contributed by atoms with Crippen LogP contribution >= 0.6 is 11.6 Å². The summed E-state index contributed by atoms with van der Waals surface area (Å²) in [5.41, 5.74) is 7.26. The molecule has 1 unspecified atom stereocenters. The Bertz CT molecular complexity index is 323. The molecule has 4 heteroatoms. The Kier molecular flexibility index (Phi) is 7.28. The molecule has 0 radical (unpaired) electrons. The van der Waals surface area contributed by atoms with Crippen LogP contribution in [-0.2, 0) is 0 Å². The molecule has 0 amide bonds. The number of rotatable bonds is 8. The van der Waals surface area contributed by atoms with Gasteiger partial charge in [0.2, 0.25) is 0 Å². The smallest absolute Gasteiger partial charge is 0.0558 e. The Labute approximate surface area is 115 Å². The lowest BCUT2D eigenvalue weighted by Crippen LogP contribution is -2.30. The molecule has 0 spiro atoms. The molecule has 0 saturated heterocycles. The molecular weight excluding hydrogens is 248 g/mol. The molecule has 0 saturated carbocycles. The molecule has 102 valence electrons. The van der Waals surface area contributed by atoms with Crippen LogP contribution in [0.25, 0.3) is 0 Å². The molecule has 1 atom stereocenters. The van der Waals surface area contributed by atoms with Crippen LogP contribution in [0.3, 0.4) is 0 Å². The Hall–Kier alpha value is -0.610. The molecule has 1 aromatic carbocycles. The lowest BCUT2D eigenvalue weighted by atomic mass is 10.0. The second-order valence-corrected chi connectivity index (χ2v) is 4.95. The minimum absolute atomic E-state index is 0.0281. The molecule has 0 aromatic heterocycles. The fraction of sp³-hybridized carbons (Fsp3) is 0.571. The number of nitrogens with zero attached hydrogens (tertiary/aromatic N) is 1. The highest BCUT2D eigenvalue weighted by molar-refractivity contribution is 6.30. The predicted molar refractivity (Wildman–Crippen MR) is 76.8 cm³/mol. The Balaban J connectivity index is 2.43. The first-order valence-corrected chi connectivity index (χ1v) is 6.89. The normalized spacial score (nSPS) is 12.9. The van der Waals surface area contributed by atoms with E-state index < -0.39 is 0 Å². The van der Waals surface area contributed by atoms with Gasteiger partial charge in [-0.25, -0.2) is 0 Å². The molecule has 0 aliphatic heterocycles. The number of nitrogens with two attached hydrogens (primary N) is 1. The molecule has 0 aliphatic rings. The van der Waals surface area contributed by atoms with Crippen molar-refractivity contribution in [2.75, 3.05) is 26.2 Å². The summed E-state index contributed by atoms with van der Waals surface area (Å²) >= 11 is 5.85. The van der Waals surface area contributed by atoms with Gasteiger partial charge < -0.3 is 15.7 Å². The first-order chi connectivity index (χ1) is 8.67. The number of aliphatic hydroxyl groups excluding tert-OH is 1. The zero-order valence-corrected chi connectivity index (χ0v) is 11.7. The summed E-state index contributed by atoms with van der Waals surface area (Å²) in [5.74, 6) is 0. The van der Waals surface area contributed by atoms with E-state index in [9.17, 15) is 0 Å². The number of aliphatic hydroxyl groups is 1. The standard InChI is InChI=1S/C14H23ClN2O/c1-2-8-17(10-11-18)9-7-14(16)12-3-5-13(15)6-4-12/h3-6,14,18H,2,7-11,16H2,1H3. The van der Waals surface area contributed by atoms with Gasteiger partial charge in [0, 0.05) is 24.2 Å². The minimum Gasteiger partial charge on any atom is -0.395 e. The van der Waals surface area contributed by atoms with Crippen molar-refractivity contribution in [2.24, 2.45) is 5.73 Å². The average molecular weight is 271 g/mol. The molecule has 3 N–H and O–H groups in total. The number of hydrogen-bond donors (Lipinski definition) is 2. The summed E-state index contributed by atoms with van der Waals surface area (Å²) < 4.78 is 0. The van der Waals surface area contributed by atoms with Crippen molar-refractivity contribution in [3.63, 3.8) is 0 Å². The van der Waals surface area contributed by atoms with Crippen molar-refractivity contribution in [3.05, 3.63) is 34.9 Å². The molecular formula is C14H23ClN2O. The zero-order valence-electron chi connectivity index (χ0n) is 11.0. The highest BCUT2D eigenvalue weighted by Crippen LogP contribution is 2.17. The Morgan fingerprint density at radius 2 is 1.89 bits per heavy atom. The van der Waals surface area contributed by atoms with E-state index in [4.69, 9.17) is 22.4 Å². The van der Waals surface area contributed by atoms with E-state index >= 15 is 0 Å². The summed E-state index contributed by atoms with van der Waals surface area (Å²) in [6.45, 7) is 4.99. The van der Waals surface area contributed by atoms with Crippen molar-refractivity contribution >= 4 is 11.6 Å². The monoisotopic (exact) mass is 270 g/mol. The van der Waals surface area contributed by atoms with Crippen LogP contribution in [0.15, 0.2) is 24.3 Å². The molecule has 18 heavy (non-hydrogen) atoms. The van der Waals surface area contributed by atoms with Gasteiger partial charge >= 0.3 is 0 Å². The summed E-state index contributed by atoms with van der Waals surface area (Å²) in [7, 11) is 0. The second kappa shape index (κ2) is 8.48. The SMILES string of the molecule is CCCN(CCO)CCC(N)c1ccc(Cl)cc1. The molecule has 3 nitrogen and oxygen atoms in total. The van der Waals surface area contributed by atoms with Crippen LogP contribution in [0.5, 0.6) is 0 Å². The van der Waals surface area contributed by atoms with Gasteiger partial charge in [0.25, 0.3) is 0 Å². The predicted octanol–water partition coefficient (Wildman–Crippen LogP) is 2.43.